The van der Waals surface area contributed by atoms with E-state index < -0.39 is 0 Å². The summed E-state index contributed by atoms with van der Waals surface area (Å²) in [5, 5.41) is 0. The molecular weight excluding hydrogens is 356 g/mol. The number of ketones is 2. The van der Waals surface area contributed by atoms with E-state index >= 15 is 0 Å². The van der Waals surface area contributed by atoms with Crippen LogP contribution in [0, 0.1) is 13.8 Å². The SMILES string of the molecule is CC(=O)c1c(C)[nH]c(C(=O)CN2CCC[C@H]2c2ccc3c(c2)OCCO3)c1C. The molecule has 0 aliphatic carbocycles. The van der Waals surface area contributed by atoms with Crippen LogP contribution in [0.1, 0.15) is 63.5 Å². The molecule has 0 saturated carbocycles. The van der Waals surface area contributed by atoms with Gasteiger partial charge in [0.2, 0.25) is 0 Å². The van der Waals surface area contributed by atoms with E-state index in [4.69, 9.17) is 9.47 Å². The first-order chi connectivity index (χ1) is 13.5. The van der Waals surface area contributed by atoms with Crippen molar-refractivity contribution in [2.75, 3.05) is 26.3 Å². The lowest BCUT2D eigenvalue weighted by atomic mass is 10.0. The lowest BCUT2D eigenvalue weighted by Gasteiger charge is -2.26. The number of carbonyl (C=O) groups excluding carboxylic acids is 2. The average Bonchev–Trinajstić information content (AvgIpc) is 3.25. The maximum absolute atomic E-state index is 13.0. The molecule has 0 bridgehead atoms. The van der Waals surface area contributed by atoms with E-state index in [2.05, 4.69) is 16.0 Å². The number of carbonyl (C=O) groups is 2. The molecule has 0 amide bonds. The van der Waals surface area contributed by atoms with Crippen LogP contribution < -0.4 is 9.47 Å². The molecule has 1 fully saturated rings. The summed E-state index contributed by atoms with van der Waals surface area (Å²) in [6.45, 7) is 7.57. The Balaban J connectivity index is 1.54. The normalized spacial score (nSPS) is 19.0. The summed E-state index contributed by atoms with van der Waals surface area (Å²) in [4.78, 5) is 30.2. The van der Waals surface area contributed by atoms with Crippen molar-refractivity contribution in [2.24, 2.45) is 0 Å². The molecule has 6 heteroatoms. The van der Waals surface area contributed by atoms with E-state index in [0.717, 1.165) is 47.7 Å². The zero-order valence-corrected chi connectivity index (χ0v) is 16.6. The van der Waals surface area contributed by atoms with Crippen molar-refractivity contribution in [1.29, 1.82) is 0 Å². The van der Waals surface area contributed by atoms with E-state index in [1.165, 1.54) is 6.92 Å². The van der Waals surface area contributed by atoms with Gasteiger partial charge in [0.15, 0.2) is 23.1 Å². The molecule has 2 aliphatic rings. The number of hydrogen-bond donors (Lipinski definition) is 1. The van der Waals surface area contributed by atoms with E-state index in [9.17, 15) is 9.59 Å². The summed E-state index contributed by atoms with van der Waals surface area (Å²) < 4.78 is 11.3. The van der Waals surface area contributed by atoms with Crippen molar-refractivity contribution in [3.63, 3.8) is 0 Å². The minimum Gasteiger partial charge on any atom is -0.486 e. The van der Waals surface area contributed by atoms with Gasteiger partial charge in [0, 0.05) is 17.3 Å². The van der Waals surface area contributed by atoms with Gasteiger partial charge in [-0.05, 0) is 63.4 Å². The van der Waals surface area contributed by atoms with Crippen LogP contribution in [0.15, 0.2) is 18.2 Å². The van der Waals surface area contributed by atoms with Gasteiger partial charge in [0.25, 0.3) is 0 Å². The highest BCUT2D eigenvalue weighted by Gasteiger charge is 2.30. The summed E-state index contributed by atoms with van der Waals surface area (Å²) in [5.41, 5.74) is 3.85. The van der Waals surface area contributed by atoms with Crippen molar-refractivity contribution < 1.29 is 19.1 Å². The summed E-state index contributed by atoms with van der Waals surface area (Å²) in [5.74, 6) is 1.58. The smallest absolute Gasteiger partial charge is 0.193 e. The Morgan fingerprint density at radius 2 is 1.93 bits per heavy atom. The van der Waals surface area contributed by atoms with Gasteiger partial charge >= 0.3 is 0 Å². The van der Waals surface area contributed by atoms with Gasteiger partial charge in [-0.15, -0.1) is 0 Å². The van der Waals surface area contributed by atoms with Gasteiger partial charge in [-0.25, -0.2) is 0 Å². The molecule has 3 heterocycles. The fourth-order valence-electron chi connectivity index (χ4n) is 4.48. The number of nitrogens with one attached hydrogen (secondary N) is 1. The van der Waals surface area contributed by atoms with E-state index in [0.29, 0.717) is 31.0 Å². The van der Waals surface area contributed by atoms with Crippen LogP contribution in [-0.4, -0.2) is 47.8 Å². The first-order valence-electron chi connectivity index (χ1n) is 9.82. The van der Waals surface area contributed by atoms with Crippen LogP contribution >= 0.6 is 0 Å². The molecule has 0 radical (unpaired) electrons. The van der Waals surface area contributed by atoms with Gasteiger partial charge in [-0.1, -0.05) is 6.07 Å². The third-order valence-electron chi connectivity index (χ3n) is 5.73. The van der Waals surface area contributed by atoms with E-state index in [1.54, 1.807) is 0 Å². The van der Waals surface area contributed by atoms with E-state index in [1.807, 2.05) is 26.0 Å². The first kappa shape index (κ1) is 18.7. The Bertz CT molecular complexity index is 931. The number of benzene rings is 1. The molecule has 1 N–H and O–H groups in total. The fourth-order valence-corrected chi connectivity index (χ4v) is 4.48. The topological polar surface area (TPSA) is 71.6 Å². The molecule has 0 unspecified atom stereocenters. The third kappa shape index (κ3) is 3.33. The number of ether oxygens (including phenoxy) is 2. The zero-order chi connectivity index (χ0) is 19.8. The number of likely N-dealkylation sites (tertiary alicyclic amines) is 1. The van der Waals surface area contributed by atoms with Gasteiger partial charge in [-0.2, -0.15) is 0 Å². The predicted molar refractivity (Wildman–Crippen MR) is 106 cm³/mol. The highest BCUT2D eigenvalue weighted by atomic mass is 16.6. The lowest BCUT2D eigenvalue weighted by Crippen LogP contribution is -2.30. The Kier molecular flexibility index (Phi) is 4.98. The molecule has 1 aromatic heterocycles. The second-order valence-corrected chi connectivity index (χ2v) is 7.64. The molecular formula is C22H26N2O4. The molecule has 148 valence electrons. The van der Waals surface area contributed by atoms with Crippen LogP contribution in [0.25, 0.3) is 0 Å². The second-order valence-electron chi connectivity index (χ2n) is 7.64. The number of aromatic nitrogens is 1. The molecule has 6 nitrogen and oxygen atoms in total. The Labute approximate surface area is 164 Å². The lowest BCUT2D eigenvalue weighted by molar-refractivity contribution is 0.0916. The Hall–Kier alpha value is -2.60. The van der Waals surface area contributed by atoms with Crippen molar-refractivity contribution in [1.82, 2.24) is 9.88 Å². The molecule has 28 heavy (non-hydrogen) atoms. The van der Waals surface area contributed by atoms with Gasteiger partial charge in [-0.3, -0.25) is 14.5 Å². The van der Waals surface area contributed by atoms with Crippen molar-refractivity contribution in [2.45, 2.75) is 39.7 Å². The third-order valence-corrected chi connectivity index (χ3v) is 5.73. The molecule has 0 spiro atoms. The van der Waals surface area contributed by atoms with Crippen molar-refractivity contribution >= 4 is 11.6 Å². The number of aryl methyl sites for hydroxylation is 1. The highest BCUT2D eigenvalue weighted by Crippen LogP contribution is 2.38. The number of nitrogens with zero attached hydrogens (tertiary/aromatic N) is 1. The van der Waals surface area contributed by atoms with E-state index in [-0.39, 0.29) is 17.6 Å². The van der Waals surface area contributed by atoms with Gasteiger partial charge < -0.3 is 14.5 Å². The number of rotatable bonds is 5. The van der Waals surface area contributed by atoms with Crippen LogP contribution in [0.3, 0.4) is 0 Å². The maximum atomic E-state index is 13.0. The number of H-pyrrole nitrogens is 1. The predicted octanol–water partition coefficient (Wildman–Crippen LogP) is 3.63. The van der Waals surface area contributed by atoms with Gasteiger partial charge in [0.05, 0.1) is 12.2 Å². The number of Topliss-reactive ketones (excluding diaryl/α,β-unsaturated/α-hetero) is 2. The van der Waals surface area contributed by atoms with Gasteiger partial charge in [0.1, 0.15) is 13.2 Å². The number of aromatic amines is 1. The summed E-state index contributed by atoms with van der Waals surface area (Å²) in [6.07, 6.45) is 2.06. The molecule has 1 saturated heterocycles. The average molecular weight is 382 g/mol. The summed E-state index contributed by atoms with van der Waals surface area (Å²) in [6, 6.07) is 6.25. The van der Waals surface area contributed by atoms with Crippen LogP contribution in [0.2, 0.25) is 0 Å². The number of hydrogen-bond acceptors (Lipinski definition) is 5. The minimum atomic E-state index is -0.0133. The van der Waals surface area contributed by atoms with Crippen molar-refractivity contribution in [3.8, 4) is 11.5 Å². The molecule has 2 aliphatic heterocycles. The van der Waals surface area contributed by atoms with Crippen LogP contribution in [-0.2, 0) is 0 Å². The Morgan fingerprint density at radius 3 is 2.64 bits per heavy atom. The molecule has 4 rings (SSSR count). The minimum absolute atomic E-state index is 0.0133. The quantitative estimate of drug-likeness (QED) is 0.800. The standard InChI is InChI=1S/C22H26N2O4/c1-13-21(15(3)25)14(2)23-22(13)18(26)12-24-8-4-5-17(24)16-6-7-19-20(11-16)28-10-9-27-19/h6-7,11,17,23H,4-5,8-10,12H2,1-3H3/t17-/m0/s1. The second kappa shape index (κ2) is 7.43. The summed E-state index contributed by atoms with van der Waals surface area (Å²) in [7, 11) is 0. The number of fused-ring (bicyclic) bond motifs is 1. The monoisotopic (exact) mass is 382 g/mol. The molecule has 1 atom stereocenters. The van der Waals surface area contributed by atoms with Crippen molar-refractivity contribution in [3.05, 3.63) is 46.3 Å². The first-order valence-corrected chi connectivity index (χ1v) is 9.82. The molecule has 1 aromatic carbocycles. The zero-order valence-electron chi connectivity index (χ0n) is 16.6. The van der Waals surface area contributed by atoms with Crippen LogP contribution in [0.5, 0.6) is 11.5 Å². The molecule has 2 aromatic rings. The fraction of sp³-hybridized carbons (Fsp3) is 0.455. The Morgan fingerprint density at radius 1 is 1.18 bits per heavy atom. The summed E-state index contributed by atoms with van der Waals surface area (Å²) >= 11 is 0. The highest BCUT2D eigenvalue weighted by molar-refractivity contribution is 6.04. The maximum Gasteiger partial charge on any atom is 0.193 e. The largest absolute Gasteiger partial charge is 0.486 e. The van der Waals surface area contributed by atoms with Crippen LogP contribution in [0.4, 0.5) is 0 Å².